The van der Waals surface area contributed by atoms with Crippen LogP contribution >= 0.6 is 0 Å². The minimum absolute atomic E-state index is 0.0721. The van der Waals surface area contributed by atoms with E-state index in [4.69, 9.17) is 5.73 Å². The van der Waals surface area contributed by atoms with Crippen LogP contribution in [0.3, 0.4) is 0 Å². The first-order valence-corrected chi connectivity index (χ1v) is 7.53. The Kier molecular flexibility index (Phi) is 4.03. The Morgan fingerprint density at radius 3 is 2.47 bits per heavy atom. The summed E-state index contributed by atoms with van der Waals surface area (Å²) < 4.78 is 25.0. The molecule has 1 aromatic rings. The average Bonchev–Trinajstić information content (AvgIpc) is 2.54. The molecule has 0 spiro atoms. The molecule has 3 N–H and O–H groups in total. The summed E-state index contributed by atoms with van der Waals surface area (Å²) in [7, 11) is -3.38. The van der Waals surface area contributed by atoms with Crippen LogP contribution in [-0.2, 0) is 9.84 Å². The van der Waals surface area contributed by atoms with E-state index in [9.17, 15) is 8.42 Å². The number of aromatic nitrogens is 2. The van der Waals surface area contributed by atoms with Gasteiger partial charge in [0, 0.05) is 12.8 Å². The Morgan fingerprint density at radius 1 is 1.47 bits per heavy atom. The zero-order valence-electron chi connectivity index (χ0n) is 10.7. The van der Waals surface area contributed by atoms with Crippen LogP contribution in [0.1, 0.15) is 33.2 Å². The summed E-state index contributed by atoms with van der Waals surface area (Å²) in [6.07, 6.45) is 1.98. The van der Waals surface area contributed by atoms with E-state index in [1.807, 2.05) is 20.8 Å². The van der Waals surface area contributed by atoms with Crippen molar-refractivity contribution in [1.82, 2.24) is 9.78 Å². The number of nitrogen functional groups attached to an aromatic ring is 1. The Balaban J connectivity index is 3.41. The minimum Gasteiger partial charge on any atom is -0.383 e. The van der Waals surface area contributed by atoms with Gasteiger partial charge in [0.05, 0.1) is 6.04 Å². The molecule has 0 aliphatic heterocycles. The highest BCUT2D eigenvalue weighted by Gasteiger charge is 2.25. The van der Waals surface area contributed by atoms with Crippen molar-refractivity contribution in [3.63, 3.8) is 0 Å². The van der Waals surface area contributed by atoms with Crippen LogP contribution in [0.5, 0.6) is 0 Å². The van der Waals surface area contributed by atoms with E-state index in [0.717, 1.165) is 12.7 Å². The third-order valence-corrected chi connectivity index (χ3v) is 3.77. The van der Waals surface area contributed by atoms with Crippen molar-refractivity contribution < 1.29 is 8.42 Å². The lowest BCUT2D eigenvalue weighted by Crippen LogP contribution is -2.10. The summed E-state index contributed by atoms with van der Waals surface area (Å²) in [6, 6.07) is 0.0721. The largest absolute Gasteiger partial charge is 0.383 e. The van der Waals surface area contributed by atoms with Gasteiger partial charge >= 0.3 is 0 Å². The van der Waals surface area contributed by atoms with Crippen molar-refractivity contribution in [2.24, 2.45) is 0 Å². The molecule has 98 valence electrons. The average molecular weight is 260 g/mol. The fourth-order valence-electron chi connectivity index (χ4n) is 1.59. The van der Waals surface area contributed by atoms with Crippen molar-refractivity contribution in [3.05, 3.63) is 0 Å². The number of nitrogens with zero attached hydrogens (tertiary/aromatic N) is 2. The molecule has 6 nitrogen and oxygen atoms in total. The molecule has 1 aromatic heterocycles. The van der Waals surface area contributed by atoms with E-state index < -0.39 is 9.84 Å². The lowest BCUT2D eigenvalue weighted by Gasteiger charge is -2.10. The van der Waals surface area contributed by atoms with Crippen molar-refractivity contribution in [3.8, 4) is 0 Å². The molecule has 1 atom stereocenters. The molecule has 7 heteroatoms. The van der Waals surface area contributed by atoms with Gasteiger partial charge in [-0.2, -0.15) is 5.10 Å². The quantitative estimate of drug-likeness (QED) is 0.832. The molecule has 1 unspecified atom stereocenters. The van der Waals surface area contributed by atoms with Crippen LogP contribution in [0.25, 0.3) is 0 Å². The van der Waals surface area contributed by atoms with E-state index in [2.05, 4.69) is 10.4 Å². The lowest BCUT2D eigenvalue weighted by atomic mass is 10.3. The van der Waals surface area contributed by atoms with Gasteiger partial charge in [-0.05, 0) is 20.3 Å². The summed E-state index contributed by atoms with van der Waals surface area (Å²) in [6.45, 7) is 6.42. The monoisotopic (exact) mass is 260 g/mol. The maximum atomic E-state index is 11.7. The lowest BCUT2D eigenvalue weighted by molar-refractivity contribution is 0.485. The van der Waals surface area contributed by atoms with Crippen LogP contribution < -0.4 is 11.1 Å². The number of anilines is 2. The molecule has 0 amide bonds. The standard InChI is InChI=1S/C10H20N4O2S/c1-5-7(3)14-9(11)8(17(4,15)16)10(13-14)12-6-2/h7H,5-6,11H2,1-4H3,(H,12,13). The highest BCUT2D eigenvalue weighted by Crippen LogP contribution is 2.29. The van der Waals surface area contributed by atoms with Crippen molar-refractivity contribution in [2.45, 2.75) is 38.1 Å². The maximum Gasteiger partial charge on any atom is 0.182 e. The first kappa shape index (κ1) is 13.8. The molecule has 0 aliphatic rings. The van der Waals surface area contributed by atoms with Crippen molar-refractivity contribution >= 4 is 21.5 Å². The van der Waals surface area contributed by atoms with Gasteiger partial charge in [-0.15, -0.1) is 0 Å². The second-order valence-electron chi connectivity index (χ2n) is 4.07. The van der Waals surface area contributed by atoms with E-state index in [0.29, 0.717) is 12.4 Å². The minimum atomic E-state index is -3.38. The fourth-order valence-corrected chi connectivity index (χ4v) is 2.53. The molecule has 0 saturated heterocycles. The molecule has 0 bridgehead atoms. The van der Waals surface area contributed by atoms with Gasteiger partial charge in [0.25, 0.3) is 0 Å². The van der Waals surface area contributed by atoms with Crippen LogP contribution in [0.2, 0.25) is 0 Å². The predicted octanol–water partition coefficient (Wildman–Crippen LogP) is 1.27. The normalized spacial score (nSPS) is 13.6. The molecule has 0 radical (unpaired) electrons. The van der Waals surface area contributed by atoms with Crippen LogP contribution in [0.15, 0.2) is 4.90 Å². The van der Waals surface area contributed by atoms with E-state index in [-0.39, 0.29) is 16.8 Å². The molecule has 0 fully saturated rings. The summed E-state index contributed by atoms with van der Waals surface area (Å²) >= 11 is 0. The number of sulfone groups is 1. The zero-order valence-corrected chi connectivity index (χ0v) is 11.5. The molecule has 0 aliphatic carbocycles. The molecule has 17 heavy (non-hydrogen) atoms. The molecule has 1 heterocycles. The summed E-state index contributed by atoms with van der Waals surface area (Å²) in [5, 5.41) is 7.17. The fraction of sp³-hybridized carbons (Fsp3) is 0.700. The Labute approximate surface area is 102 Å². The number of hydrogen-bond donors (Lipinski definition) is 2. The molecule has 0 aromatic carbocycles. The van der Waals surface area contributed by atoms with Gasteiger partial charge < -0.3 is 11.1 Å². The number of nitrogens with two attached hydrogens (primary N) is 1. The highest BCUT2D eigenvalue weighted by molar-refractivity contribution is 7.91. The Hall–Kier alpha value is -1.24. The van der Waals surface area contributed by atoms with Gasteiger partial charge in [-0.3, -0.25) is 0 Å². The smallest absolute Gasteiger partial charge is 0.182 e. The second-order valence-corrected chi connectivity index (χ2v) is 6.02. The molecular formula is C10H20N4O2S. The SMILES string of the molecule is CCNc1nn(C(C)CC)c(N)c1S(C)(=O)=O. The topological polar surface area (TPSA) is 90.0 Å². The molecule has 0 saturated carbocycles. The van der Waals surface area contributed by atoms with Crippen LogP contribution in [0.4, 0.5) is 11.6 Å². The first-order valence-electron chi connectivity index (χ1n) is 5.64. The number of nitrogens with one attached hydrogen (secondary N) is 1. The summed E-state index contributed by atoms with van der Waals surface area (Å²) in [5.41, 5.74) is 5.88. The maximum absolute atomic E-state index is 11.7. The Morgan fingerprint density at radius 2 is 2.06 bits per heavy atom. The molecular weight excluding hydrogens is 240 g/mol. The first-order chi connectivity index (χ1) is 7.82. The van der Waals surface area contributed by atoms with Crippen molar-refractivity contribution in [1.29, 1.82) is 0 Å². The number of hydrogen-bond acceptors (Lipinski definition) is 5. The third-order valence-electron chi connectivity index (χ3n) is 2.63. The van der Waals surface area contributed by atoms with Gasteiger partial charge in [0.1, 0.15) is 5.82 Å². The zero-order chi connectivity index (χ0) is 13.2. The van der Waals surface area contributed by atoms with E-state index in [1.165, 1.54) is 0 Å². The van der Waals surface area contributed by atoms with Crippen LogP contribution in [0, 0.1) is 0 Å². The van der Waals surface area contributed by atoms with E-state index >= 15 is 0 Å². The third kappa shape index (κ3) is 2.71. The summed E-state index contributed by atoms with van der Waals surface area (Å²) in [4.78, 5) is 0.0969. The Bertz CT molecular complexity index is 493. The van der Waals surface area contributed by atoms with Gasteiger partial charge in [-0.25, -0.2) is 13.1 Å². The molecule has 1 rings (SSSR count). The highest BCUT2D eigenvalue weighted by atomic mass is 32.2. The van der Waals surface area contributed by atoms with Gasteiger partial charge in [0.2, 0.25) is 0 Å². The van der Waals surface area contributed by atoms with Gasteiger partial charge in [-0.1, -0.05) is 6.92 Å². The predicted molar refractivity (Wildman–Crippen MR) is 68.9 cm³/mol. The van der Waals surface area contributed by atoms with Gasteiger partial charge in [0.15, 0.2) is 20.6 Å². The summed E-state index contributed by atoms with van der Waals surface area (Å²) in [5.74, 6) is 0.547. The van der Waals surface area contributed by atoms with Crippen molar-refractivity contribution in [2.75, 3.05) is 23.9 Å². The van der Waals surface area contributed by atoms with Crippen LogP contribution in [-0.4, -0.2) is 31.0 Å². The van der Waals surface area contributed by atoms with E-state index in [1.54, 1.807) is 4.68 Å². The second kappa shape index (κ2) is 4.95. The number of rotatable bonds is 5.